The summed E-state index contributed by atoms with van der Waals surface area (Å²) < 4.78 is 5.10. The summed E-state index contributed by atoms with van der Waals surface area (Å²) in [6, 6.07) is 2.26. The number of ether oxygens (including phenoxy) is 1. The van der Waals surface area contributed by atoms with E-state index in [1.54, 1.807) is 18.4 Å². The van der Waals surface area contributed by atoms with Crippen LogP contribution < -0.4 is 15.0 Å². The molecule has 0 aromatic carbocycles. The maximum absolute atomic E-state index is 5.10. The third-order valence-corrected chi connectivity index (χ3v) is 4.22. The highest BCUT2D eigenvalue weighted by Gasteiger charge is 2.20. The van der Waals surface area contributed by atoms with Gasteiger partial charge in [0.2, 0.25) is 5.88 Å². The zero-order valence-electron chi connectivity index (χ0n) is 11.3. The Bertz CT molecular complexity index is 539. The van der Waals surface area contributed by atoms with Crippen molar-refractivity contribution in [2.24, 2.45) is 0 Å². The maximum Gasteiger partial charge on any atom is 0.218 e. The lowest BCUT2D eigenvalue weighted by atomic mass is 10.1. The highest BCUT2D eigenvalue weighted by Crippen LogP contribution is 2.23. The van der Waals surface area contributed by atoms with Crippen LogP contribution in [0.5, 0.6) is 5.88 Å². The minimum Gasteiger partial charge on any atom is -0.481 e. The van der Waals surface area contributed by atoms with Gasteiger partial charge in [0.05, 0.1) is 7.11 Å². The van der Waals surface area contributed by atoms with E-state index in [0.717, 1.165) is 36.9 Å². The van der Waals surface area contributed by atoms with E-state index in [2.05, 4.69) is 25.2 Å². The first kappa shape index (κ1) is 13.1. The van der Waals surface area contributed by atoms with Crippen LogP contribution >= 0.6 is 11.3 Å². The Kier molecular flexibility index (Phi) is 3.96. The molecule has 6 nitrogen and oxygen atoms in total. The van der Waals surface area contributed by atoms with Crippen molar-refractivity contribution in [3.05, 3.63) is 24.0 Å². The van der Waals surface area contributed by atoms with E-state index in [1.807, 2.05) is 17.6 Å². The largest absolute Gasteiger partial charge is 0.481 e. The molecular weight excluding hydrogens is 274 g/mol. The van der Waals surface area contributed by atoms with E-state index in [0.29, 0.717) is 11.9 Å². The molecule has 0 aliphatic carbocycles. The van der Waals surface area contributed by atoms with Gasteiger partial charge in [0.1, 0.15) is 12.1 Å². The van der Waals surface area contributed by atoms with Gasteiger partial charge in [-0.1, -0.05) is 0 Å². The highest BCUT2D eigenvalue weighted by atomic mass is 32.1. The second kappa shape index (κ2) is 6.04. The van der Waals surface area contributed by atoms with Gasteiger partial charge in [0.15, 0.2) is 5.13 Å². The van der Waals surface area contributed by atoms with Crippen LogP contribution in [0.4, 0.5) is 10.9 Å². The number of nitrogens with zero attached hydrogens (tertiary/aromatic N) is 4. The van der Waals surface area contributed by atoms with Gasteiger partial charge in [0, 0.05) is 36.8 Å². The number of rotatable bonds is 4. The molecule has 0 unspecified atom stereocenters. The van der Waals surface area contributed by atoms with Crippen molar-refractivity contribution >= 4 is 22.3 Å². The van der Waals surface area contributed by atoms with Crippen LogP contribution in [0.1, 0.15) is 12.8 Å². The number of thiazole rings is 1. The molecule has 1 fully saturated rings. The third kappa shape index (κ3) is 2.98. The fourth-order valence-corrected chi connectivity index (χ4v) is 3.02. The van der Waals surface area contributed by atoms with Crippen LogP contribution in [0.3, 0.4) is 0 Å². The smallest absolute Gasteiger partial charge is 0.218 e. The van der Waals surface area contributed by atoms with Crippen LogP contribution in [0, 0.1) is 0 Å². The number of aromatic nitrogens is 3. The molecule has 1 aliphatic heterocycles. The van der Waals surface area contributed by atoms with Crippen molar-refractivity contribution in [2.45, 2.75) is 18.9 Å². The molecule has 0 atom stereocenters. The van der Waals surface area contributed by atoms with Crippen LogP contribution in [0.15, 0.2) is 24.0 Å². The Morgan fingerprint density at radius 2 is 2.15 bits per heavy atom. The average molecular weight is 291 g/mol. The van der Waals surface area contributed by atoms with Crippen molar-refractivity contribution in [1.29, 1.82) is 0 Å². The van der Waals surface area contributed by atoms with Crippen molar-refractivity contribution in [2.75, 3.05) is 30.4 Å². The Morgan fingerprint density at radius 1 is 1.30 bits per heavy atom. The van der Waals surface area contributed by atoms with Gasteiger partial charge < -0.3 is 15.0 Å². The SMILES string of the molecule is COc1cc(NC2CCN(c3nccs3)CC2)ncn1. The first-order chi connectivity index (χ1) is 9.85. The standard InChI is InChI=1S/C13H17N5OS/c1-19-12-8-11(15-9-16-12)17-10-2-5-18(6-3-10)13-14-4-7-20-13/h4,7-10H,2-3,5-6H2,1H3,(H,15,16,17). The predicted molar refractivity (Wildman–Crippen MR) is 79.6 cm³/mol. The Labute approximate surface area is 121 Å². The molecule has 0 amide bonds. The van der Waals surface area contributed by atoms with Gasteiger partial charge in [-0.15, -0.1) is 11.3 Å². The molecule has 0 saturated carbocycles. The maximum atomic E-state index is 5.10. The molecule has 1 aliphatic rings. The molecule has 0 spiro atoms. The normalized spacial score (nSPS) is 16.1. The second-order valence-electron chi connectivity index (χ2n) is 4.67. The number of piperidine rings is 1. The summed E-state index contributed by atoms with van der Waals surface area (Å²) in [4.78, 5) is 14.9. The molecule has 0 radical (unpaired) electrons. The molecule has 7 heteroatoms. The van der Waals surface area contributed by atoms with Crippen molar-refractivity contribution in [1.82, 2.24) is 15.0 Å². The predicted octanol–water partition coefficient (Wildman–Crippen LogP) is 2.02. The fourth-order valence-electron chi connectivity index (χ4n) is 2.33. The topological polar surface area (TPSA) is 63.2 Å². The first-order valence-corrected chi connectivity index (χ1v) is 7.50. The summed E-state index contributed by atoms with van der Waals surface area (Å²) in [6.07, 6.45) is 5.53. The molecule has 106 valence electrons. The zero-order valence-corrected chi connectivity index (χ0v) is 12.1. The quantitative estimate of drug-likeness (QED) is 0.930. The number of nitrogens with one attached hydrogen (secondary N) is 1. The van der Waals surface area contributed by atoms with Crippen LogP contribution in [0.2, 0.25) is 0 Å². The lowest BCUT2D eigenvalue weighted by Gasteiger charge is -2.32. The Balaban J connectivity index is 1.55. The summed E-state index contributed by atoms with van der Waals surface area (Å²) >= 11 is 1.70. The van der Waals surface area contributed by atoms with Crippen LogP contribution in [-0.4, -0.2) is 41.2 Å². The Morgan fingerprint density at radius 3 is 2.85 bits per heavy atom. The molecule has 3 rings (SSSR count). The summed E-state index contributed by atoms with van der Waals surface area (Å²) in [7, 11) is 1.61. The van der Waals surface area contributed by atoms with Gasteiger partial charge in [0.25, 0.3) is 0 Å². The fraction of sp³-hybridized carbons (Fsp3) is 0.462. The van der Waals surface area contributed by atoms with Crippen molar-refractivity contribution < 1.29 is 4.74 Å². The zero-order chi connectivity index (χ0) is 13.8. The van der Waals surface area contributed by atoms with Gasteiger partial charge in [-0.25, -0.2) is 15.0 Å². The molecule has 2 aromatic heterocycles. The lowest BCUT2D eigenvalue weighted by Crippen LogP contribution is -2.39. The summed E-state index contributed by atoms with van der Waals surface area (Å²) in [5, 5.41) is 6.59. The summed E-state index contributed by atoms with van der Waals surface area (Å²) in [5.41, 5.74) is 0. The minimum absolute atomic E-state index is 0.436. The Hall–Kier alpha value is -1.89. The molecule has 20 heavy (non-hydrogen) atoms. The average Bonchev–Trinajstić information content (AvgIpc) is 3.02. The van der Waals surface area contributed by atoms with Crippen molar-refractivity contribution in [3.63, 3.8) is 0 Å². The first-order valence-electron chi connectivity index (χ1n) is 6.62. The van der Waals surface area contributed by atoms with E-state index >= 15 is 0 Å². The highest BCUT2D eigenvalue weighted by molar-refractivity contribution is 7.13. The number of hydrogen-bond donors (Lipinski definition) is 1. The van der Waals surface area contributed by atoms with E-state index in [1.165, 1.54) is 6.33 Å². The molecule has 0 bridgehead atoms. The minimum atomic E-state index is 0.436. The lowest BCUT2D eigenvalue weighted by molar-refractivity contribution is 0.397. The van der Waals surface area contributed by atoms with Gasteiger partial charge in [-0.3, -0.25) is 0 Å². The van der Waals surface area contributed by atoms with E-state index in [9.17, 15) is 0 Å². The van der Waals surface area contributed by atoms with E-state index in [4.69, 9.17) is 4.74 Å². The van der Waals surface area contributed by atoms with Gasteiger partial charge in [-0.2, -0.15) is 0 Å². The monoisotopic (exact) mass is 291 g/mol. The van der Waals surface area contributed by atoms with E-state index in [-0.39, 0.29) is 0 Å². The number of hydrogen-bond acceptors (Lipinski definition) is 7. The molecule has 3 heterocycles. The number of methoxy groups -OCH3 is 1. The number of anilines is 2. The van der Waals surface area contributed by atoms with Crippen LogP contribution in [-0.2, 0) is 0 Å². The molecule has 1 N–H and O–H groups in total. The van der Waals surface area contributed by atoms with Gasteiger partial charge >= 0.3 is 0 Å². The second-order valence-corrected chi connectivity index (χ2v) is 5.54. The summed E-state index contributed by atoms with van der Waals surface area (Å²) in [5.74, 6) is 1.41. The third-order valence-electron chi connectivity index (χ3n) is 3.39. The molecule has 1 saturated heterocycles. The van der Waals surface area contributed by atoms with Gasteiger partial charge in [-0.05, 0) is 12.8 Å². The molecule has 2 aromatic rings. The van der Waals surface area contributed by atoms with Crippen LogP contribution in [0.25, 0.3) is 0 Å². The molecular formula is C13H17N5OS. The van der Waals surface area contributed by atoms with E-state index < -0.39 is 0 Å². The summed E-state index contributed by atoms with van der Waals surface area (Å²) in [6.45, 7) is 2.04. The van der Waals surface area contributed by atoms with Crippen molar-refractivity contribution in [3.8, 4) is 5.88 Å².